The van der Waals surface area contributed by atoms with Crippen LogP contribution in [0.15, 0.2) is 255 Å². The summed E-state index contributed by atoms with van der Waals surface area (Å²) in [5, 5.41) is 11.8. The van der Waals surface area contributed by atoms with Crippen molar-refractivity contribution in [1.29, 1.82) is 0 Å². The average molecular weight is 934 g/mol. The number of benzene rings is 8. The quantitative estimate of drug-likeness (QED) is 0.0579. The van der Waals surface area contributed by atoms with Crippen LogP contribution in [-0.2, 0) is 21.1 Å². The molecule has 0 saturated heterocycles. The molecule has 0 aliphatic heterocycles. The van der Waals surface area contributed by atoms with Crippen molar-refractivity contribution in [3.05, 3.63) is 262 Å². The third-order valence-electron chi connectivity index (χ3n) is 9.64. The molecule has 8 rings (SSSR count). The summed E-state index contributed by atoms with van der Waals surface area (Å²) in [6.07, 6.45) is 6.33. The molecule has 0 nitrogen and oxygen atoms in total. The van der Waals surface area contributed by atoms with Crippen LogP contribution in [0.4, 0.5) is 0 Å². The second kappa shape index (κ2) is 26.9. The Balaban J connectivity index is 0.000000210. The minimum Gasteiger partial charge on any atom is -0.245 e. The summed E-state index contributed by atoms with van der Waals surface area (Å²) in [5.74, 6) is 0. The molecule has 0 unspecified atom stereocenters. The molecular formula is C55H53MoP4-. The number of rotatable bonds is 14. The minimum absolute atomic E-state index is 0. The number of hydrogen-bond acceptors (Lipinski definition) is 0. The zero-order valence-electron chi connectivity index (χ0n) is 34.1. The average Bonchev–Trinajstić information content (AvgIpc) is 3.32. The SMILES string of the molecule is C=C[CH2-].[Mo].c1ccc(P(CCP(c2ccccc2)c2ccccc2)c2ccccc2)cc1.c1ccc(P(CCP(c2ccccc2)c2ccccc2)c2ccccc2)cc1. The van der Waals surface area contributed by atoms with Crippen LogP contribution in [0.1, 0.15) is 0 Å². The van der Waals surface area contributed by atoms with Gasteiger partial charge in [0.25, 0.3) is 0 Å². The van der Waals surface area contributed by atoms with Crippen molar-refractivity contribution in [2.75, 3.05) is 24.6 Å². The van der Waals surface area contributed by atoms with Crippen molar-refractivity contribution in [3.63, 3.8) is 0 Å². The van der Waals surface area contributed by atoms with Gasteiger partial charge in [0.2, 0.25) is 0 Å². The maximum atomic E-state index is 3.25. The van der Waals surface area contributed by atoms with E-state index < -0.39 is 0 Å². The van der Waals surface area contributed by atoms with Gasteiger partial charge >= 0.3 is 0 Å². The molecule has 5 heteroatoms. The maximum Gasteiger partial charge on any atom is 0 e. The van der Waals surface area contributed by atoms with Gasteiger partial charge in [0.15, 0.2) is 0 Å². The molecular weight excluding hydrogens is 880 g/mol. The first kappa shape index (κ1) is 46.8. The fraction of sp³-hybridized carbons (Fsp3) is 0.0727. The number of allylic oxidation sites excluding steroid dienone is 1. The Kier molecular flexibility index (Phi) is 21.0. The molecule has 0 radical (unpaired) electrons. The second-order valence-corrected chi connectivity index (χ2v) is 22.9. The summed E-state index contributed by atoms with van der Waals surface area (Å²) < 4.78 is 0. The smallest absolute Gasteiger partial charge is 0 e. The van der Waals surface area contributed by atoms with Crippen molar-refractivity contribution in [3.8, 4) is 0 Å². The predicted molar refractivity (Wildman–Crippen MR) is 271 cm³/mol. The van der Waals surface area contributed by atoms with Gasteiger partial charge in [-0.3, -0.25) is 0 Å². The van der Waals surface area contributed by atoms with E-state index in [2.05, 4.69) is 256 Å². The van der Waals surface area contributed by atoms with E-state index in [1.165, 1.54) is 73.2 Å². The van der Waals surface area contributed by atoms with Crippen LogP contribution in [0.2, 0.25) is 0 Å². The van der Waals surface area contributed by atoms with Gasteiger partial charge in [-0.2, -0.15) is 0 Å². The Hall–Kier alpha value is -4.22. The van der Waals surface area contributed by atoms with Crippen LogP contribution >= 0.6 is 31.7 Å². The zero-order chi connectivity index (χ0) is 40.7. The van der Waals surface area contributed by atoms with Gasteiger partial charge in [0.05, 0.1) is 0 Å². The third kappa shape index (κ3) is 14.5. The summed E-state index contributed by atoms with van der Waals surface area (Å²) >= 11 is 0. The van der Waals surface area contributed by atoms with Crippen LogP contribution < -0.4 is 42.4 Å². The molecule has 0 atom stereocenters. The van der Waals surface area contributed by atoms with Gasteiger partial charge in [0.1, 0.15) is 0 Å². The minimum atomic E-state index is -0.348. The van der Waals surface area contributed by atoms with Crippen molar-refractivity contribution in [2.24, 2.45) is 0 Å². The normalized spacial score (nSPS) is 10.5. The van der Waals surface area contributed by atoms with E-state index in [1.807, 2.05) is 0 Å². The molecule has 0 bridgehead atoms. The van der Waals surface area contributed by atoms with Gasteiger partial charge in [0, 0.05) is 21.1 Å². The van der Waals surface area contributed by atoms with Gasteiger partial charge < -0.3 is 0 Å². The van der Waals surface area contributed by atoms with Crippen LogP contribution in [0, 0.1) is 6.92 Å². The Bertz CT molecular complexity index is 1810. The van der Waals surface area contributed by atoms with E-state index >= 15 is 0 Å². The molecule has 0 N–H and O–H groups in total. The van der Waals surface area contributed by atoms with Gasteiger partial charge in [-0.1, -0.05) is 243 Å². The van der Waals surface area contributed by atoms with Crippen LogP contribution in [0.5, 0.6) is 0 Å². The summed E-state index contributed by atoms with van der Waals surface area (Å²) in [6, 6.07) is 88.4. The van der Waals surface area contributed by atoms with E-state index in [0.717, 1.165) is 0 Å². The molecule has 0 fully saturated rings. The molecule has 0 saturated carbocycles. The van der Waals surface area contributed by atoms with Crippen molar-refractivity contribution in [1.82, 2.24) is 0 Å². The van der Waals surface area contributed by atoms with Gasteiger partial charge in [-0.25, -0.2) is 19.6 Å². The Morgan fingerprint density at radius 3 is 0.467 bits per heavy atom. The third-order valence-corrected chi connectivity index (χ3v) is 20.4. The largest absolute Gasteiger partial charge is 0.245 e. The zero-order valence-corrected chi connectivity index (χ0v) is 39.7. The molecule has 0 heterocycles. The number of hydrogen-bond donors (Lipinski definition) is 0. The van der Waals surface area contributed by atoms with E-state index in [1.54, 1.807) is 0 Å². The standard InChI is InChI=1S/2C26H24P2.C3H5.Mo/c2*1-5-13-23(14-6-1)27(24-15-7-2-8-16-24)21-22-28(25-17-9-3-10-18-25)26-19-11-4-12-20-26;1-3-2;/h2*1-20H,21-22H2;3H,1-2H2;/q;;-1;. The summed E-state index contributed by atoms with van der Waals surface area (Å²) in [4.78, 5) is 0. The fourth-order valence-electron chi connectivity index (χ4n) is 6.89. The van der Waals surface area contributed by atoms with E-state index in [4.69, 9.17) is 0 Å². The molecule has 8 aromatic rings. The van der Waals surface area contributed by atoms with E-state index in [9.17, 15) is 0 Å². The van der Waals surface area contributed by atoms with Crippen molar-refractivity contribution < 1.29 is 21.1 Å². The van der Waals surface area contributed by atoms with Crippen LogP contribution in [-0.4, -0.2) is 24.6 Å². The first-order chi connectivity index (χ1) is 29.2. The van der Waals surface area contributed by atoms with Crippen LogP contribution in [0.3, 0.4) is 0 Å². The second-order valence-electron chi connectivity index (χ2n) is 13.6. The van der Waals surface area contributed by atoms with Crippen LogP contribution in [0.25, 0.3) is 0 Å². The first-order valence-corrected chi connectivity index (χ1v) is 26.3. The molecule has 0 aliphatic carbocycles. The van der Waals surface area contributed by atoms with E-state index in [-0.39, 0.29) is 52.8 Å². The molecule has 300 valence electrons. The molecule has 0 aromatic heterocycles. The predicted octanol–water partition coefficient (Wildman–Crippen LogP) is 11.5. The Morgan fingerprint density at radius 2 is 0.367 bits per heavy atom. The molecule has 0 aliphatic rings. The van der Waals surface area contributed by atoms with Gasteiger partial charge in [-0.05, 0) is 98.8 Å². The molecule has 60 heavy (non-hydrogen) atoms. The molecule has 8 aromatic carbocycles. The van der Waals surface area contributed by atoms with Crippen molar-refractivity contribution >= 4 is 74.1 Å². The Labute approximate surface area is 379 Å². The van der Waals surface area contributed by atoms with Crippen molar-refractivity contribution in [2.45, 2.75) is 0 Å². The molecule has 0 amide bonds. The summed E-state index contributed by atoms with van der Waals surface area (Å²) in [5.41, 5.74) is 0. The maximum absolute atomic E-state index is 3.25. The first-order valence-electron chi connectivity index (χ1n) is 20.2. The Morgan fingerprint density at radius 1 is 0.267 bits per heavy atom. The van der Waals surface area contributed by atoms with Gasteiger partial charge in [-0.15, -0.1) is 0 Å². The topological polar surface area (TPSA) is 0 Å². The monoisotopic (exact) mass is 935 g/mol. The summed E-state index contributed by atoms with van der Waals surface area (Å²) in [6.45, 7) is 6.50. The fourth-order valence-corrected chi connectivity index (χ4v) is 17.6. The molecule has 0 spiro atoms. The summed E-state index contributed by atoms with van der Waals surface area (Å²) in [7, 11) is -1.39. The van der Waals surface area contributed by atoms with E-state index in [0.29, 0.717) is 0 Å².